The Kier molecular flexibility index (Phi) is 18.2. The highest BCUT2D eigenvalue weighted by molar-refractivity contribution is 5.97. The second-order valence-corrected chi connectivity index (χ2v) is 16.4. The van der Waals surface area contributed by atoms with E-state index in [0.717, 1.165) is 26.9 Å². The van der Waals surface area contributed by atoms with Crippen molar-refractivity contribution < 1.29 is 39.0 Å². The number of likely N-dealkylation sites (N-methyl/N-ethyl adjacent to an activating group) is 4. The number of carboxylic acid groups (broad SMARTS) is 1. The number of aromatic amines is 1. The van der Waals surface area contributed by atoms with E-state index in [4.69, 9.17) is 5.73 Å². The molecule has 5 amide bonds. The summed E-state index contributed by atoms with van der Waals surface area (Å²) >= 11 is 0. The molecule has 4 aromatic rings. The van der Waals surface area contributed by atoms with Crippen molar-refractivity contribution in [1.82, 2.24) is 35.6 Å². The minimum atomic E-state index is -1.22. The number of aromatic nitrogens is 1. The third-order valence-corrected chi connectivity index (χ3v) is 11.7. The van der Waals surface area contributed by atoms with Gasteiger partial charge in [-0.1, -0.05) is 74.5 Å². The maximum Gasteiger partial charge on any atom is 0.326 e. The Hall–Kier alpha value is -6.26. The van der Waals surface area contributed by atoms with Crippen molar-refractivity contribution in [1.29, 1.82) is 0 Å². The number of carboxylic acids is 1. The number of nitrogens with zero attached hydrogens (tertiary/aromatic N) is 3. The van der Waals surface area contributed by atoms with Gasteiger partial charge >= 0.3 is 5.97 Å². The van der Waals surface area contributed by atoms with Crippen molar-refractivity contribution in [3.05, 3.63) is 102 Å². The Morgan fingerprint density at radius 1 is 0.683 bits per heavy atom. The topological polar surface area (TPSA) is 230 Å². The fourth-order valence-electron chi connectivity index (χ4n) is 7.53. The number of phenols is 1. The zero-order chi connectivity index (χ0) is 46.4. The molecule has 0 aliphatic heterocycles. The van der Waals surface area contributed by atoms with Gasteiger partial charge in [0.05, 0.1) is 6.04 Å². The van der Waals surface area contributed by atoms with Crippen molar-refractivity contribution in [3.63, 3.8) is 0 Å². The maximum atomic E-state index is 15.1. The normalized spacial score (nSPS) is 14.2. The van der Waals surface area contributed by atoms with Gasteiger partial charge in [0.1, 0.15) is 36.0 Å². The first-order valence-electron chi connectivity index (χ1n) is 21.4. The van der Waals surface area contributed by atoms with Crippen LogP contribution in [0.5, 0.6) is 5.75 Å². The molecular weight excluding hydrogens is 805 g/mol. The van der Waals surface area contributed by atoms with Gasteiger partial charge in [-0.25, -0.2) is 4.79 Å². The van der Waals surface area contributed by atoms with Crippen molar-refractivity contribution in [2.24, 2.45) is 11.7 Å². The molecule has 8 N–H and O–H groups in total. The lowest BCUT2D eigenvalue weighted by atomic mass is 9.97. The van der Waals surface area contributed by atoms with E-state index in [1.165, 1.54) is 43.1 Å². The van der Waals surface area contributed by atoms with Crippen molar-refractivity contribution in [3.8, 4) is 5.75 Å². The predicted octanol–water partition coefficient (Wildman–Crippen LogP) is 2.83. The molecule has 0 spiro atoms. The fraction of sp³-hybridized carbons (Fsp3) is 0.447. The van der Waals surface area contributed by atoms with E-state index in [-0.39, 0.29) is 31.4 Å². The molecule has 0 unspecified atom stereocenters. The largest absolute Gasteiger partial charge is 0.508 e. The molecule has 1 aromatic heterocycles. The number of amides is 5. The smallest absolute Gasteiger partial charge is 0.326 e. The summed E-state index contributed by atoms with van der Waals surface area (Å²) in [6.07, 6.45) is 3.08. The first-order valence-corrected chi connectivity index (χ1v) is 21.4. The minimum absolute atomic E-state index is 0.0349. The van der Waals surface area contributed by atoms with E-state index in [1.807, 2.05) is 30.3 Å². The lowest BCUT2D eigenvalue weighted by molar-refractivity contribution is -0.151. The average Bonchev–Trinajstić information content (AvgIpc) is 3.69. The number of aliphatic carboxylic acids is 1. The summed E-state index contributed by atoms with van der Waals surface area (Å²) in [4.78, 5) is 91.1. The van der Waals surface area contributed by atoms with Crippen molar-refractivity contribution in [2.45, 2.75) is 95.5 Å². The molecular formula is C47H64N8O8. The van der Waals surface area contributed by atoms with Crippen LogP contribution < -0.4 is 21.7 Å². The molecule has 6 atom stereocenters. The first-order chi connectivity index (χ1) is 30.0. The van der Waals surface area contributed by atoms with Gasteiger partial charge in [0.2, 0.25) is 29.5 Å². The number of carbonyl (C=O) groups excluding carboxylic acids is 5. The summed E-state index contributed by atoms with van der Waals surface area (Å²) in [5.41, 5.74) is 8.79. The molecule has 3 aromatic carbocycles. The third-order valence-electron chi connectivity index (χ3n) is 11.7. The van der Waals surface area contributed by atoms with Gasteiger partial charge in [-0.3, -0.25) is 24.0 Å². The van der Waals surface area contributed by atoms with E-state index >= 15 is 4.79 Å². The second-order valence-electron chi connectivity index (χ2n) is 16.4. The summed E-state index contributed by atoms with van der Waals surface area (Å²) < 4.78 is 0. The van der Waals surface area contributed by atoms with Crippen LogP contribution in [0.4, 0.5) is 0 Å². The molecule has 0 fully saturated rings. The Morgan fingerprint density at radius 2 is 1.29 bits per heavy atom. The number of H-pyrrole nitrogens is 1. The van der Waals surface area contributed by atoms with E-state index in [1.54, 1.807) is 70.4 Å². The van der Waals surface area contributed by atoms with Gasteiger partial charge in [-0.05, 0) is 80.6 Å². The molecule has 4 rings (SSSR count). The highest BCUT2D eigenvalue weighted by Crippen LogP contribution is 2.24. The van der Waals surface area contributed by atoms with E-state index < -0.39 is 77.7 Å². The Balaban J connectivity index is 1.70. The lowest BCUT2D eigenvalue weighted by Gasteiger charge is -2.37. The zero-order valence-electron chi connectivity index (χ0n) is 37.3. The monoisotopic (exact) mass is 868 g/mol. The maximum absolute atomic E-state index is 15.1. The van der Waals surface area contributed by atoms with Crippen molar-refractivity contribution in [2.75, 3.05) is 34.7 Å². The quantitative estimate of drug-likeness (QED) is 0.0540. The van der Waals surface area contributed by atoms with Crippen LogP contribution in [0.3, 0.4) is 0 Å². The molecule has 1 heterocycles. The van der Waals surface area contributed by atoms with Gasteiger partial charge in [0, 0.05) is 57.5 Å². The lowest BCUT2D eigenvalue weighted by Crippen LogP contribution is -2.61. The third kappa shape index (κ3) is 13.1. The van der Waals surface area contributed by atoms with Crippen LogP contribution in [0.15, 0.2) is 85.1 Å². The Morgan fingerprint density at radius 3 is 1.90 bits per heavy atom. The molecule has 0 radical (unpaired) electrons. The van der Waals surface area contributed by atoms with Crippen molar-refractivity contribution >= 4 is 46.4 Å². The summed E-state index contributed by atoms with van der Waals surface area (Å²) in [6, 6.07) is 16.3. The van der Waals surface area contributed by atoms with Gasteiger partial charge in [-0.2, -0.15) is 0 Å². The number of para-hydroxylation sites is 1. The number of hydrogen-bond acceptors (Lipinski definition) is 9. The summed E-state index contributed by atoms with van der Waals surface area (Å²) in [5.74, 6) is -4.43. The number of hydrogen-bond donors (Lipinski definition) is 7. The summed E-state index contributed by atoms with van der Waals surface area (Å²) in [6.45, 7) is 5.47. The van der Waals surface area contributed by atoms with E-state index in [0.29, 0.717) is 24.9 Å². The number of rotatable bonds is 23. The van der Waals surface area contributed by atoms with Gasteiger partial charge in [0.15, 0.2) is 0 Å². The number of carbonyl (C=O) groups is 6. The highest BCUT2D eigenvalue weighted by Gasteiger charge is 2.40. The van der Waals surface area contributed by atoms with Crippen LogP contribution in [-0.2, 0) is 48.0 Å². The molecule has 340 valence electrons. The molecule has 0 saturated heterocycles. The van der Waals surface area contributed by atoms with Crippen LogP contribution in [0, 0.1) is 5.92 Å². The van der Waals surface area contributed by atoms with Crippen LogP contribution in [0.1, 0.15) is 56.7 Å². The Labute approximate surface area is 369 Å². The molecule has 0 aliphatic rings. The van der Waals surface area contributed by atoms with Gasteiger partial charge in [0.25, 0.3) is 0 Å². The number of aromatic hydroxyl groups is 1. The molecule has 16 nitrogen and oxygen atoms in total. The zero-order valence-corrected chi connectivity index (χ0v) is 37.3. The van der Waals surface area contributed by atoms with Crippen LogP contribution in [-0.4, -0.2) is 136 Å². The standard InChI is InChI=1S/C47H64N8O8/c1-29(2)41(46(61)55(7)40(47(62)63)26-31-15-9-8-10-16-31)52-43(58)38(19-13-14-24-48)53(5)45(60)39(27-33-28-50-36-18-12-11-17-35(33)36)54(6)44(59)37(51-42(57)30(3)49-4)25-32-20-22-34(56)23-21-32/h8-12,15-18,20-23,28-30,37-41,49-50,56H,13-14,19,24-27,48H2,1-7H3,(H,51,57)(H,52,58)(H,62,63)/t30-,37-,38-,39+,40-,41-/m0/s1. The van der Waals surface area contributed by atoms with Crippen LogP contribution >= 0.6 is 0 Å². The predicted molar refractivity (Wildman–Crippen MR) is 241 cm³/mol. The van der Waals surface area contributed by atoms with E-state index in [2.05, 4.69) is 20.9 Å². The van der Waals surface area contributed by atoms with E-state index in [9.17, 15) is 34.2 Å². The SMILES string of the molecule is CN[C@@H](C)C(=O)N[C@@H](Cc1ccc(O)cc1)C(=O)N(C)[C@H](Cc1c[nH]c2ccccc12)C(=O)N(C)[C@@H](CCCCN)C(=O)N[C@H](C(=O)N(C)[C@@H](Cc1ccccc1)C(=O)O)C(C)C. The van der Waals surface area contributed by atoms with Gasteiger partial charge < -0.3 is 51.6 Å². The highest BCUT2D eigenvalue weighted by atomic mass is 16.4. The molecule has 63 heavy (non-hydrogen) atoms. The van der Waals surface area contributed by atoms with Crippen LogP contribution in [0.2, 0.25) is 0 Å². The molecule has 16 heteroatoms. The number of benzene rings is 3. The number of unbranched alkanes of at least 4 members (excludes halogenated alkanes) is 1. The molecule has 0 aliphatic carbocycles. The average molecular weight is 869 g/mol. The Bertz CT molecular complexity index is 2160. The second kappa shape index (κ2) is 23.3. The first kappa shape index (κ1) is 49.4. The number of phenolic OH excluding ortho intramolecular Hbond substituents is 1. The molecule has 0 saturated carbocycles. The summed E-state index contributed by atoms with van der Waals surface area (Å²) in [7, 11) is 6.00. The number of fused-ring (bicyclic) bond motifs is 1. The molecule has 0 bridgehead atoms. The number of nitrogens with one attached hydrogen (secondary N) is 4. The fourth-order valence-corrected chi connectivity index (χ4v) is 7.53. The van der Waals surface area contributed by atoms with Gasteiger partial charge in [-0.15, -0.1) is 0 Å². The summed E-state index contributed by atoms with van der Waals surface area (Å²) in [5, 5.41) is 29.5. The minimum Gasteiger partial charge on any atom is -0.508 e. The number of nitrogens with two attached hydrogens (primary N) is 1. The van der Waals surface area contributed by atoms with Crippen LogP contribution in [0.25, 0.3) is 10.9 Å².